The molecule has 1 aliphatic carbocycles. The highest BCUT2D eigenvalue weighted by Gasteiger charge is 2.67. The predicted octanol–water partition coefficient (Wildman–Crippen LogP) is 4.19. The van der Waals surface area contributed by atoms with Crippen LogP contribution in [0.3, 0.4) is 0 Å². The van der Waals surface area contributed by atoms with Gasteiger partial charge in [0.05, 0.1) is 16.0 Å². The van der Waals surface area contributed by atoms with E-state index in [0.29, 0.717) is 11.4 Å². The summed E-state index contributed by atoms with van der Waals surface area (Å²) in [6.45, 7) is 5.44. The molecule has 0 radical (unpaired) electrons. The normalized spacial score (nSPS) is 17.1. The van der Waals surface area contributed by atoms with E-state index < -0.39 is 41.6 Å². The number of aliphatic imine (C=N–C) groups is 2. The number of amidine groups is 1. The van der Waals surface area contributed by atoms with Crippen molar-refractivity contribution in [1.29, 1.82) is 0 Å². The zero-order valence-electron chi connectivity index (χ0n) is 21.3. The number of rotatable bonds is 11. The van der Waals surface area contributed by atoms with Gasteiger partial charge in [0.1, 0.15) is 5.84 Å². The van der Waals surface area contributed by atoms with E-state index >= 15 is 0 Å². The lowest BCUT2D eigenvalue weighted by Crippen LogP contribution is -2.43. The number of benzene rings is 1. The Hall–Kier alpha value is -2.79. The van der Waals surface area contributed by atoms with Gasteiger partial charge in [-0.25, -0.2) is 9.38 Å². The van der Waals surface area contributed by atoms with E-state index in [1.54, 1.807) is 25.9 Å². The van der Waals surface area contributed by atoms with E-state index in [4.69, 9.17) is 17.3 Å². The fraction of sp³-hybridized carbons (Fsp3) is 0.520. The molecule has 0 aliphatic heterocycles. The number of allylic oxidation sites excluding steroid dienone is 1. The Labute approximate surface area is 218 Å². The Bertz CT molecular complexity index is 1100. The molecule has 0 aromatic heterocycles. The summed E-state index contributed by atoms with van der Waals surface area (Å²) in [5, 5.41) is 2.44. The van der Waals surface area contributed by atoms with Gasteiger partial charge in [-0.1, -0.05) is 24.2 Å². The molecular weight excluding hydrogens is 514 g/mol. The number of carbonyl (C=O) groups excluding carboxylic acids is 2. The Morgan fingerprint density at radius 1 is 1.32 bits per heavy atom. The van der Waals surface area contributed by atoms with Gasteiger partial charge in [0.15, 0.2) is 5.82 Å². The van der Waals surface area contributed by atoms with Crippen molar-refractivity contribution in [1.82, 2.24) is 10.2 Å². The van der Waals surface area contributed by atoms with Gasteiger partial charge in [0, 0.05) is 38.2 Å². The van der Waals surface area contributed by atoms with Gasteiger partial charge in [-0.15, -0.1) is 0 Å². The van der Waals surface area contributed by atoms with Crippen molar-refractivity contribution < 1.29 is 27.2 Å². The Morgan fingerprint density at radius 3 is 2.43 bits per heavy atom. The van der Waals surface area contributed by atoms with Gasteiger partial charge < -0.3 is 16.0 Å². The standard InChI is InChI=1S/C25H32ClF4N5O2/c1-14(12-33-15(2)32-3)19(24(8-9-24)25(28,29)30)11-20(36)34-13-17(35(4)5)10-16-6-7-18(23(31)37)22(27)21(16)26/h6-7,12,17,19H,1,8-11,13H2,2-5H3,(H2,31,37)(H,34,36)/b32-15-,33-12-/t17-,19-/m0/s1. The van der Waals surface area contributed by atoms with Crippen LogP contribution in [-0.2, 0) is 11.2 Å². The van der Waals surface area contributed by atoms with Crippen LogP contribution in [0.4, 0.5) is 17.6 Å². The van der Waals surface area contributed by atoms with Crippen molar-refractivity contribution in [2.45, 2.75) is 44.8 Å². The number of primary amides is 1. The molecule has 0 bridgehead atoms. The Kier molecular flexibility index (Phi) is 10.0. The zero-order valence-corrected chi connectivity index (χ0v) is 22.0. The molecule has 2 amide bonds. The Balaban J connectivity index is 2.16. The molecule has 12 heteroatoms. The first kappa shape index (κ1) is 30.4. The first-order valence-electron chi connectivity index (χ1n) is 11.6. The summed E-state index contributed by atoms with van der Waals surface area (Å²) in [5.41, 5.74) is 3.29. The molecule has 1 aromatic rings. The maximum atomic E-state index is 14.4. The molecule has 0 saturated heterocycles. The van der Waals surface area contributed by atoms with Gasteiger partial charge >= 0.3 is 6.18 Å². The molecular formula is C25H32ClF4N5O2. The number of amides is 2. The Morgan fingerprint density at radius 2 is 1.95 bits per heavy atom. The zero-order chi connectivity index (χ0) is 28.1. The molecule has 2 rings (SSSR count). The first-order chi connectivity index (χ1) is 17.1. The molecule has 3 N–H and O–H groups in total. The fourth-order valence-corrected chi connectivity index (χ4v) is 4.33. The van der Waals surface area contributed by atoms with Gasteiger partial charge in [-0.3, -0.25) is 14.6 Å². The van der Waals surface area contributed by atoms with Crippen molar-refractivity contribution >= 4 is 35.5 Å². The van der Waals surface area contributed by atoms with Crippen LogP contribution < -0.4 is 11.1 Å². The van der Waals surface area contributed by atoms with Crippen LogP contribution in [-0.4, -0.2) is 68.7 Å². The second-order valence-corrected chi connectivity index (χ2v) is 9.78. The van der Waals surface area contributed by atoms with Crippen LogP contribution in [0.15, 0.2) is 34.3 Å². The van der Waals surface area contributed by atoms with Crippen molar-refractivity contribution in [2.24, 2.45) is 27.1 Å². The second kappa shape index (κ2) is 12.2. The molecule has 1 fully saturated rings. The monoisotopic (exact) mass is 545 g/mol. The van der Waals surface area contributed by atoms with E-state index in [1.807, 2.05) is 0 Å². The fourth-order valence-electron chi connectivity index (χ4n) is 4.09. The van der Waals surface area contributed by atoms with Crippen LogP contribution in [0, 0.1) is 17.2 Å². The van der Waals surface area contributed by atoms with Crippen molar-refractivity contribution in [3.63, 3.8) is 0 Å². The molecule has 1 aromatic carbocycles. The van der Waals surface area contributed by atoms with E-state index in [9.17, 15) is 27.2 Å². The summed E-state index contributed by atoms with van der Waals surface area (Å²) in [6, 6.07) is 2.34. The number of hydrogen-bond acceptors (Lipinski definition) is 4. The number of hydrogen-bond donors (Lipinski definition) is 2. The smallest absolute Gasteiger partial charge is 0.366 e. The molecule has 0 spiro atoms. The molecule has 204 valence electrons. The summed E-state index contributed by atoms with van der Waals surface area (Å²) in [4.78, 5) is 33.8. The van der Waals surface area contributed by atoms with Crippen molar-refractivity contribution in [3.8, 4) is 0 Å². The number of halogens is 5. The highest BCUT2D eigenvalue weighted by Crippen LogP contribution is 2.64. The molecule has 1 aliphatic rings. The average Bonchev–Trinajstić information content (AvgIpc) is 3.62. The number of likely N-dealkylation sites (N-methyl/N-ethyl adjacent to an activating group) is 1. The molecule has 37 heavy (non-hydrogen) atoms. The van der Waals surface area contributed by atoms with Crippen LogP contribution >= 0.6 is 11.6 Å². The SMILES string of the molecule is C=C(/C=N\C(C)=N/C)[C@H](CC(=O)NC[C@H](Cc1ccc(C(N)=O)c(F)c1Cl)N(C)C)C1(C(F)(F)F)CC1. The molecule has 7 nitrogen and oxygen atoms in total. The van der Waals surface area contributed by atoms with E-state index in [0.717, 1.165) is 0 Å². The van der Waals surface area contributed by atoms with Gasteiger partial charge in [0.2, 0.25) is 5.91 Å². The third kappa shape index (κ3) is 7.38. The average molecular weight is 546 g/mol. The maximum absolute atomic E-state index is 14.4. The molecule has 2 atom stereocenters. The number of nitrogens with zero attached hydrogens (tertiary/aromatic N) is 3. The lowest BCUT2D eigenvalue weighted by Gasteiger charge is -2.30. The number of alkyl halides is 3. The van der Waals surface area contributed by atoms with Crippen LogP contribution in [0.5, 0.6) is 0 Å². The topological polar surface area (TPSA) is 100 Å². The number of nitrogens with two attached hydrogens (primary N) is 1. The minimum absolute atomic E-state index is 0.0647. The van der Waals surface area contributed by atoms with Gasteiger partial charge in [-0.05, 0) is 57.5 Å². The second-order valence-electron chi connectivity index (χ2n) is 9.40. The summed E-state index contributed by atoms with van der Waals surface area (Å²) in [5.74, 6) is -3.27. The lowest BCUT2D eigenvalue weighted by molar-refractivity contribution is -0.199. The largest absolute Gasteiger partial charge is 0.395 e. The predicted molar refractivity (Wildman–Crippen MR) is 137 cm³/mol. The summed E-state index contributed by atoms with van der Waals surface area (Å²) in [7, 11) is 4.98. The molecule has 0 heterocycles. The maximum Gasteiger partial charge on any atom is 0.395 e. The minimum atomic E-state index is -4.49. The third-order valence-corrected chi connectivity index (χ3v) is 7.16. The summed E-state index contributed by atoms with van der Waals surface area (Å²) < 4.78 is 56.2. The van der Waals surface area contributed by atoms with Gasteiger partial charge in [0.25, 0.3) is 5.91 Å². The summed E-state index contributed by atoms with van der Waals surface area (Å²) >= 11 is 6.09. The van der Waals surface area contributed by atoms with Gasteiger partial charge in [-0.2, -0.15) is 13.2 Å². The van der Waals surface area contributed by atoms with Crippen LogP contribution in [0.2, 0.25) is 5.02 Å². The molecule has 1 saturated carbocycles. The lowest BCUT2D eigenvalue weighted by atomic mass is 9.80. The highest BCUT2D eigenvalue weighted by molar-refractivity contribution is 6.32. The van der Waals surface area contributed by atoms with E-state index in [2.05, 4.69) is 21.9 Å². The number of carbonyl (C=O) groups is 2. The first-order valence-corrected chi connectivity index (χ1v) is 11.9. The highest BCUT2D eigenvalue weighted by atomic mass is 35.5. The van der Waals surface area contributed by atoms with Crippen molar-refractivity contribution in [3.05, 3.63) is 46.3 Å². The van der Waals surface area contributed by atoms with E-state index in [-0.39, 0.29) is 48.0 Å². The van der Waals surface area contributed by atoms with E-state index in [1.165, 1.54) is 25.4 Å². The third-order valence-electron chi connectivity index (χ3n) is 6.75. The van der Waals surface area contributed by atoms with Crippen LogP contribution in [0.25, 0.3) is 0 Å². The molecule has 0 unspecified atom stereocenters. The quantitative estimate of drug-likeness (QED) is 0.248. The number of nitrogens with one attached hydrogen (secondary N) is 1. The van der Waals surface area contributed by atoms with Crippen molar-refractivity contribution in [2.75, 3.05) is 27.7 Å². The van der Waals surface area contributed by atoms with Crippen LogP contribution in [0.1, 0.15) is 42.1 Å². The minimum Gasteiger partial charge on any atom is -0.366 e. The summed E-state index contributed by atoms with van der Waals surface area (Å²) in [6.07, 6.45) is -3.65.